The van der Waals surface area contributed by atoms with Gasteiger partial charge in [0.05, 0.1) is 0 Å². The van der Waals surface area contributed by atoms with Crippen LogP contribution in [0.2, 0.25) is 0 Å². The van der Waals surface area contributed by atoms with E-state index in [1.54, 1.807) is 0 Å². The van der Waals surface area contributed by atoms with Gasteiger partial charge in [-0.15, -0.1) is 0 Å². The predicted octanol–water partition coefficient (Wildman–Crippen LogP) is 15.9. The van der Waals surface area contributed by atoms with Gasteiger partial charge in [-0.05, 0) is 89.9 Å². The van der Waals surface area contributed by atoms with Gasteiger partial charge in [0.15, 0.2) is 6.10 Å². The number of rotatable bonds is 41. The smallest absolute Gasteiger partial charge is 0.306 e. The van der Waals surface area contributed by atoms with E-state index in [1.807, 2.05) is 66.8 Å². The first kappa shape index (κ1) is 57.5. The first-order valence-electron chi connectivity index (χ1n) is 24.3. The van der Waals surface area contributed by atoms with Crippen molar-refractivity contribution >= 4 is 17.9 Å². The van der Waals surface area contributed by atoms with E-state index >= 15 is 0 Å². The molecule has 0 heterocycles. The standard InChI is InChI=1S/C56H86O6/c1-4-7-10-13-16-19-22-25-27-29-31-34-37-40-43-46-49-55(58)61-52-53(51-60-54(57)48-45-42-39-36-33-30-24-21-18-15-12-9-6-3)62-56(59)50-47-44-41-38-35-32-28-26-23-20-17-14-11-8-5-2/h7,9-10,12,15-16,18-21,23-25,27,30-31,33-34,36,39-40,43,53H,4-6,8,11,13-14,17,22,26,28-29,32,35,37-38,41-42,44-52H2,1-3H3/b10-7+,12-9+,18-15+,19-16+,23-20+,24-21+,27-25+,33-30+,34-31+,39-36+,43-40+. The molecule has 0 saturated carbocycles. The molecule has 0 radical (unpaired) electrons. The van der Waals surface area contributed by atoms with Crippen molar-refractivity contribution < 1.29 is 28.6 Å². The van der Waals surface area contributed by atoms with E-state index in [1.165, 1.54) is 64.2 Å². The fraction of sp³-hybridized carbons (Fsp3) is 0.554. The van der Waals surface area contributed by atoms with Gasteiger partial charge in [-0.2, -0.15) is 0 Å². The van der Waals surface area contributed by atoms with Gasteiger partial charge in [0.25, 0.3) is 0 Å². The second-order valence-electron chi connectivity index (χ2n) is 15.4. The second kappa shape index (κ2) is 49.2. The lowest BCUT2D eigenvalue weighted by Crippen LogP contribution is -2.30. The molecule has 6 heteroatoms. The highest BCUT2D eigenvalue weighted by atomic mass is 16.6. The summed E-state index contributed by atoms with van der Waals surface area (Å²) in [5.41, 5.74) is 0. The lowest BCUT2D eigenvalue weighted by molar-refractivity contribution is -0.166. The first-order valence-corrected chi connectivity index (χ1v) is 24.3. The fourth-order valence-corrected chi connectivity index (χ4v) is 5.93. The second-order valence-corrected chi connectivity index (χ2v) is 15.4. The Morgan fingerprint density at radius 2 is 0.758 bits per heavy atom. The molecule has 0 N–H and O–H groups in total. The topological polar surface area (TPSA) is 78.9 Å². The van der Waals surface area contributed by atoms with Crippen molar-refractivity contribution in [1.82, 2.24) is 0 Å². The van der Waals surface area contributed by atoms with Gasteiger partial charge in [-0.1, -0.05) is 206 Å². The molecule has 0 aliphatic carbocycles. The van der Waals surface area contributed by atoms with Crippen LogP contribution in [0.1, 0.15) is 181 Å². The number of carbonyl (C=O) groups excluding carboxylic acids is 3. The summed E-state index contributed by atoms with van der Waals surface area (Å²) >= 11 is 0. The highest BCUT2D eigenvalue weighted by molar-refractivity contribution is 5.71. The Kier molecular flexibility index (Phi) is 45.7. The Bertz CT molecular complexity index is 1400. The number of hydrogen-bond donors (Lipinski definition) is 0. The number of esters is 3. The number of ether oxygens (including phenoxy) is 3. The summed E-state index contributed by atoms with van der Waals surface area (Å²) < 4.78 is 16.6. The largest absolute Gasteiger partial charge is 0.462 e. The average Bonchev–Trinajstić information content (AvgIpc) is 3.27. The molecule has 1 unspecified atom stereocenters. The molecule has 0 aromatic heterocycles. The van der Waals surface area contributed by atoms with E-state index in [2.05, 4.69) is 87.6 Å². The van der Waals surface area contributed by atoms with Crippen LogP contribution < -0.4 is 0 Å². The Balaban J connectivity index is 4.63. The molecule has 0 bridgehead atoms. The summed E-state index contributed by atoms with van der Waals surface area (Å²) in [6.45, 7) is 6.20. The summed E-state index contributed by atoms with van der Waals surface area (Å²) in [6.07, 6.45) is 68.8. The van der Waals surface area contributed by atoms with Crippen LogP contribution in [-0.4, -0.2) is 37.2 Å². The summed E-state index contributed by atoms with van der Waals surface area (Å²) in [6, 6.07) is 0. The summed E-state index contributed by atoms with van der Waals surface area (Å²) in [5.74, 6) is -1.11. The number of hydrogen-bond acceptors (Lipinski definition) is 6. The Morgan fingerprint density at radius 3 is 1.31 bits per heavy atom. The molecular weight excluding hydrogens is 769 g/mol. The third-order valence-electron chi connectivity index (χ3n) is 9.51. The molecule has 0 spiro atoms. The maximum atomic E-state index is 12.8. The molecule has 0 amide bonds. The minimum atomic E-state index is -0.843. The third kappa shape index (κ3) is 46.6. The van der Waals surface area contributed by atoms with Gasteiger partial charge in [0.1, 0.15) is 13.2 Å². The Hall–Kier alpha value is -4.45. The van der Waals surface area contributed by atoms with Crippen LogP contribution in [0.15, 0.2) is 134 Å². The lowest BCUT2D eigenvalue weighted by atomic mass is 10.1. The van der Waals surface area contributed by atoms with Crippen LogP contribution >= 0.6 is 0 Å². The molecule has 6 nitrogen and oxygen atoms in total. The van der Waals surface area contributed by atoms with Crippen molar-refractivity contribution in [2.24, 2.45) is 0 Å². The number of allylic oxidation sites excluding steroid dienone is 22. The SMILES string of the molecule is CC/C=C/C=C/C=C/C=C/C=C/CCCC(=O)OCC(COC(=O)CC/C=C/C/C=C/C/C=C/C/C=C/C/C=C/CC)OC(=O)CCCCCCCCC/C=C/CCCCCC. The van der Waals surface area contributed by atoms with Crippen molar-refractivity contribution in [2.45, 2.75) is 187 Å². The fourth-order valence-electron chi connectivity index (χ4n) is 5.93. The molecular formula is C56H86O6. The number of carbonyl (C=O) groups is 3. The van der Waals surface area contributed by atoms with Gasteiger partial charge >= 0.3 is 17.9 Å². The van der Waals surface area contributed by atoms with Gasteiger partial charge in [-0.3, -0.25) is 14.4 Å². The summed E-state index contributed by atoms with van der Waals surface area (Å²) in [4.78, 5) is 37.8. The van der Waals surface area contributed by atoms with Gasteiger partial charge in [0, 0.05) is 19.3 Å². The highest BCUT2D eigenvalue weighted by Crippen LogP contribution is 2.12. The Labute approximate surface area is 379 Å². The molecule has 346 valence electrons. The molecule has 1 atom stereocenters. The first-order chi connectivity index (χ1) is 30.5. The maximum Gasteiger partial charge on any atom is 0.306 e. The predicted molar refractivity (Wildman–Crippen MR) is 265 cm³/mol. The maximum absolute atomic E-state index is 12.8. The quantitative estimate of drug-likeness (QED) is 0.0200. The van der Waals surface area contributed by atoms with Gasteiger partial charge in [-0.25, -0.2) is 0 Å². The van der Waals surface area contributed by atoms with Crippen molar-refractivity contribution in [3.63, 3.8) is 0 Å². The highest BCUT2D eigenvalue weighted by Gasteiger charge is 2.19. The minimum absolute atomic E-state index is 0.145. The van der Waals surface area contributed by atoms with Gasteiger partial charge in [0.2, 0.25) is 0 Å². The zero-order valence-corrected chi connectivity index (χ0v) is 39.3. The molecule has 62 heavy (non-hydrogen) atoms. The lowest BCUT2D eigenvalue weighted by Gasteiger charge is -2.18. The summed E-state index contributed by atoms with van der Waals surface area (Å²) in [7, 11) is 0. The van der Waals surface area contributed by atoms with Gasteiger partial charge < -0.3 is 14.2 Å². The van der Waals surface area contributed by atoms with E-state index in [-0.39, 0.29) is 50.4 Å². The molecule has 0 aromatic carbocycles. The zero-order valence-electron chi connectivity index (χ0n) is 39.3. The molecule has 0 aliphatic heterocycles. The van der Waals surface area contributed by atoms with Crippen molar-refractivity contribution in [1.29, 1.82) is 0 Å². The van der Waals surface area contributed by atoms with E-state index in [0.29, 0.717) is 12.8 Å². The molecule has 0 aliphatic rings. The Morgan fingerprint density at radius 1 is 0.355 bits per heavy atom. The molecule has 0 fully saturated rings. The van der Waals surface area contributed by atoms with E-state index in [9.17, 15) is 14.4 Å². The molecule has 0 aromatic rings. The zero-order chi connectivity index (χ0) is 45.1. The van der Waals surface area contributed by atoms with Crippen LogP contribution in [0.3, 0.4) is 0 Å². The van der Waals surface area contributed by atoms with Crippen molar-refractivity contribution in [2.75, 3.05) is 13.2 Å². The van der Waals surface area contributed by atoms with Crippen LogP contribution in [0.4, 0.5) is 0 Å². The van der Waals surface area contributed by atoms with Crippen molar-refractivity contribution in [3.05, 3.63) is 134 Å². The van der Waals surface area contributed by atoms with E-state index in [0.717, 1.165) is 64.2 Å². The third-order valence-corrected chi connectivity index (χ3v) is 9.51. The monoisotopic (exact) mass is 855 g/mol. The average molecular weight is 855 g/mol. The van der Waals surface area contributed by atoms with Crippen LogP contribution in [0, 0.1) is 0 Å². The van der Waals surface area contributed by atoms with Crippen LogP contribution in [-0.2, 0) is 28.6 Å². The summed E-state index contributed by atoms with van der Waals surface area (Å²) in [5, 5.41) is 0. The normalized spacial score (nSPS) is 13.3. The van der Waals surface area contributed by atoms with E-state index in [4.69, 9.17) is 14.2 Å². The number of unbranched alkanes of at least 4 members (excludes halogenated alkanes) is 12. The van der Waals surface area contributed by atoms with Crippen molar-refractivity contribution in [3.8, 4) is 0 Å². The molecule has 0 rings (SSSR count). The van der Waals surface area contributed by atoms with Crippen LogP contribution in [0.5, 0.6) is 0 Å². The minimum Gasteiger partial charge on any atom is -0.462 e. The van der Waals surface area contributed by atoms with E-state index < -0.39 is 6.10 Å². The van der Waals surface area contributed by atoms with Crippen LogP contribution in [0.25, 0.3) is 0 Å². The molecule has 0 saturated heterocycles.